The van der Waals surface area contributed by atoms with Crippen molar-refractivity contribution in [3.05, 3.63) is 0 Å². The highest BCUT2D eigenvalue weighted by Gasteiger charge is 2.40. The Kier molecular flexibility index (Phi) is 5.76. The van der Waals surface area contributed by atoms with E-state index in [-0.39, 0.29) is 6.09 Å². The van der Waals surface area contributed by atoms with E-state index in [0.29, 0.717) is 11.3 Å². The lowest BCUT2D eigenvalue weighted by atomic mass is 9.96. The van der Waals surface area contributed by atoms with Gasteiger partial charge in [-0.05, 0) is 70.8 Å². The number of amides is 1. The molecule has 0 radical (unpaired) electrons. The van der Waals surface area contributed by atoms with Crippen molar-refractivity contribution in [2.24, 2.45) is 11.3 Å². The van der Waals surface area contributed by atoms with Gasteiger partial charge in [-0.15, -0.1) is 0 Å². The molecule has 4 heteroatoms. The van der Waals surface area contributed by atoms with Crippen LogP contribution in [0.3, 0.4) is 0 Å². The number of carbonyl (C=O) groups excluding carboxylic acids is 1. The van der Waals surface area contributed by atoms with Crippen molar-refractivity contribution in [1.82, 2.24) is 10.2 Å². The van der Waals surface area contributed by atoms with Crippen LogP contribution in [0.4, 0.5) is 4.79 Å². The molecule has 2 aliphatic rings. The van der Waals surface area contributed by atoms with Crippen molar-refractivity contribution in [2.45, 2.75) is 71.8 Å². The second-order valence-electron chi connectivity index (χ2n) is 8.29. The van der Waals surface area contributed by atoms with Crippen LogP contribution in [0.1, 0.15) is 66.2 Å². The highest BCUT2D eigenvalue weighted by atomic mass is 16.6. The third-order valence-electron chi connectivity index (χ3n) is 4.94. The average Bonchev–Trinajstić information content (AvgIpc) is 3.18. The van der Waals surface area contributed by atoms with Crippen LogP contribution in [0.25, 0.3) is 0 Å². The summed E-state index contributed by atoms with van der Waals surface area (Å²) in [5.41, 5.74) is 0.235. The Morgan fingerprint density at radius 2 is 1.91 bits per heavy atom. The Bertz CT molecular complexity index is 364. The van der Waals surface area contributed by atoms with E-state index in [4.69, 9.17) is 4.74 Å². The fraction of sp³-hybridized carbons (Fsp3) is 0.944. The van der Waals surface area contributed by atoms with Gasteiger partial charge < -0.3 is 15.0 Å². The number of carbonyl (C=O) groups is 1. The summed E-state index contributed by atoms with van der Waals surface area (Å²) in [5, 5.41) is 3.69. The molecular formula is C18H34N2O2. The summed E-state index contributed by atoms with van der Waals surface area (Å²) >= 11 is 0. The van der Waals surface area contributed by atoms with Gasteiger partial charge in [0.05, 0.1) is 0 Å². The molecule has 2 rings (SSSR count). The molecular weight excluding hydrogens is 276 g/mol. The molecule has 0 atom stereocenters. The summed E-state index contributed by atoms with van der Waals surface area (Å²) in [6, 6.07) is 0. The van der Waals surface area contributed by atoms with Gasteiger partial charge in [-0.2, -0.15) is 0 Å². The first kappa shape index (κ1) is 17.6. The lowest BCUT2D eigenvalue weighted by Crippen LogP contribution is -2.43. The summed E-state index contributed by atoms with van der Waals surface area (Å²) in [4.78, 5) is 13.9. The number of ether oxygens (including phenoxy) is 1. The summed E-state index contributed by atoms with van der Waals surface area (Å²) in [6.45, 7) is 12.0. The van der Waals surface area contributed by atoms with Crippen LogP contribution in [0.2, 0.25) is 0 Å². The number of likely N-dealkylation sites (tertiary alicyclic amines) is 1. The fourth-order valence-corrected chi connectivity index (χ4v) is 3.41. The van der Waals surface area contributed by atoms with Crippen LogP contribution >= 0.6 is 0 Å². The number of piperidine rings is 1. The Balaban J connectivity index is 1.62. The monoisotopic (exact) mass is 310 g/mol. The van der Waals surface area contributed by atoms with Crippen LogP contribution in [-0.2, 0) is 4.74 Å². The highest BCUT2D eigenvalue weighted by molar-refractivity contribution is 5.68. The van der Waals surface area contributed by atoms with Crippen molar-refractivity contribution >= 4 is 6.09 Å². The predicted octanol–water partition coefficient (Wildman–Crippen LogP) is 3.80. The van der Waals surface area contributed by atoms with Crippen molar-refractivity contribution in [1.29, 1.82) is 0 Å². The molecule has 0 aromatic heterocycles. The third kappa shape index (κ3) is 5.45. The van der Waals surface area contributed by atoms with Crippen molar-refractivity contribution in [3.63, 3.8) is 0 Å². The minimum Gasteiger partial charge on any atom is -0.444 e. The smallest absolute Gasteiger partial charge is 0.410 e. The van der Waals surface area contributed by atoms with E-state index in [0.717, 1.165) is 32.5 Å². The van der Waals surface area contributed by atoms with Gasteiger partial charge in [0.2, 0.25) is 0 Å². The third-order valence-corrected chi connectivity index (χ3v) is 4.94. The molecule has 1 aliphatic heterocycles. The van der Waals surface area contributed by atoms with Gasteiger partial charge in [0.15, 0.2) is 0 Å². The van der Waals surface area contributed by atoms with Gasteiger partial charge in [-0.3, -0.25) is 0 Å². The van der Waals surface area contributed by atoms with E-state index in [1.807, 2.05) is 25.7 Å². The Morgan fingerprint density at radius 3 is 2.41 bits per heavy atom. The zero-order chi connectivity index (χ0) is 16.2. The van der Waals surface area contributed by atoms with Gasteiger partial charge >= 0.3 is 6.09 Å². The first-order valence-electron chi connectivity index (χ1n) is 9.02. The van der Waals surface area contributed by atoms with Gasteiger partial charge in [0.25, 0.3) is 0 Å². The number of rotatable bonds is 6. The zero-order valence-electron chi connectivity index (χ0n) is 14.9. The molecule has 1 amide bonds. The van der Waals surface area contributed by atoms with E-state index < -0.39 is 5.60 Å². The minimum absolute atomic E-state index is 0.154. The molecule has 1 N–H and O–H groups in total. The van der Waals surface area contributed by atoms with E-state index in [1.165, 1.54) is 32.2 Å². The molecule has 1 aliphatic carbocycles. The molecule has 22 heavy (non-hydrogen) atoms. The maximum Gasteiger partial charge on any atom is 0.410 e. The molecule has 1 saturated heterocycles. The Labute approximate surface area is 136 Å². The Morgan fingerprint density at radius 1 is 1.27 bits per heavy atom. The largest absolute Gasteiger partial charge is 0.444 e. The highest BCUT2D eigenvalue weighted by Crippen LogP contribution is 2.48. The number of nitrogens with zero attached hydrogens (tertiary/aromatic N) is 1. The molecule has 1 heterocycles. The maximum atomic E-state index is 12.0. The van der Waals surface area contributed by atoms with E-state index in [2.05, 4.69) is 12.2 Å². The fourth-order valence-electron chi connectivity index (χ4n) is 3.41. The molecule has 2 fully saturated rings. The predicted molar refractivity (Wildman–Crippen MR) is 90.0 cm³/mol. The number of hydrogen-bond donors (Lipinski definition) is 1. The van der Waals surface area contributed by atoms with Crippen LogP contribution in [0, 0.1) is 11.3 Å². The zero-order valence-corrected chi connectivity index (χ0v) is 14.9. The molecule has 0 aromatic carbocycles. The summed E-state index contributed by atoms with van der Waals surface area (Å²) in [5.74, 6) is 0.705. The molecule has 0 unspecified atom stereocenters. The van der Waals surface area contributed by atoms with Crippen molar-refractivity contribution in [3.8, 4) is 0 Å². The molecule has 128 valence electrons. The minimum atomic E-state index is -0.395. The van der Waals surface area contributed by atoms with Crippen molar-refractivity contribution < 1.29 is 9.53 Å². The molecule has 0 bridgehead atoms. The topological polar surface area (TPSA) is 41.6 Å². The van der Waals surface area contributed by atoms with E-state index >= 15 is 0 Å². The standard InChI is InChI=1S/C18H34N2O2/c1-5-8-18(9-10-18)14-19-13-15-6-11-20(12-7-15)16(21)22-17(2,3)4/h15,19H,5-14H2,1-4H3. The molecule has 0 aromatic rings. The molecule has 0 spiro atoms. The quantitative estimate of drug-likeness (QED) is 0.811. The molecule has 4 nitrogen and oxygen atoms in total. The second-order valence-corrected chi connectivity index (χ2v) is 8.29. The van der Waals surface area contributed by atoms with Crippen LogP contribution in [-0.4, -0.2) is 42.8 Å². The lowest BCUT2D eigenvalue weighted by Gasteiger charge is -2.33. The van der Waals surface area contributed by atoms with Crippen molar-refractivity contribution in [2.75, 3.05) is 26.2 Å². The van der Waals surface area contributed by atoms with Gasteiger partial charge in [0, 0.05) is 19.6 Å². The van der Waals surface area contributed by atoms with E-state index in [9.17, 15) is 4.79 Å². The van der Waals surface area contributed by atoms with E-state index in [1.54, 1.807) is 0 Å². The maximum absolute atomic E-state index is 12.0. The number of hydrogen-bond acceptors (Lipinski definition) is 3. The second kappa shape index (κ2) is 7.20. The number of nitrogens with one attached hydrogen (secondary N) is 1. The molecule has 1 saturated carbocycles. The normalized spacial score (nSPS) is 21.7. The van der Waals surface area contributed by atoms with Gasteiger partial charge in [-0.25, -0.2) is 4.79 Å². The average molecular weight is 310 g/mol. The summed E-state index contributed by atoms with van der Waals surface area (Å²) in [6.07, 6.45) is 7.52. The summed E-state index contributed by atoms with van der Waals surface area (Å²) < 4.78 is 5.44. The van der Waals surface area contributed by atoms with Gasteiger partial charge in [-0.1, -0.05) is 13.3 Å². The van der Waals surface area contributed by atoms with Crippen LogP contribution in [0.5, 0.6) is 0 Å². The Hall–Kier alpha value is -0.770. The SMILES string of the molecule is CCCC1(CNCC2CCN(C(=O)OC(C)(C)C)CC2)CC1. The van der Waals surface area contributed by atoms with Gasteiger partial charge in [0.1, 0.15) is 5.60 Å². The first-order valence-corrected chi connectivity index (χ1v) is 9.02. The summed E-state index contributed by atoms with van der Waals surface area (Å²) in [7, 11) is 0. The van der Waals surface area contributed by atoms with Crippen LogP contribution in [0.15, 0.2) is 0 Å². The lowest BCUT2D eigenvalue weighted by molar-refractivity contribution is 0.0184. The van der Waals surface area contributed by atoms with Crippen LogP contribution < -0.4 is 5.32 Å². The first-order chi connectivity index (χ1) is 10.3.